The molecule has 2 aromatic heterocycles. The Hall–Kier alpha value is -3.89. The lowest BCUT2D eigenvalue weighted by Gasteiger charge is -2.24. The molecule has 0 saturated heterocycles. The molecule has 2 N–H and O–H groups in total. The number of hydrogen-bond donors (Lipinski definition) is 2. The SMILES string of the molecule is Cn1c(O)c(C(c2cc(Cl)c(OCc3ccccc3C#N)c(Cl)c2)c2c(O)n(C)c(=S)n(C)c2=O)c(=O)n(C)c1=S. The highest BCUT2D eigenvalue weighted by Gasteiger charge is 2.33. The number of halogens is 2. The first-order chi connectivity index (χ1) is 19.3. The molecule has 0 unspecified atom stereocenters. The van der Waals surface area contributed by atoms with E-state index in [2.05, 4.69) is 6.07 Å². The Balaban J connectivity index is 2.00. The van der Waals surface area contributed by atoms with Crippen molar-refractivity contribution >= 4 is 47.6 Å². The Morgan fingerprint density at radius 2 is 1.34 bits per heavy atom. The molecule has 0 radical (unpaired) electrons. The standard InChI is InChI=1S/C27H23Cl2N5O5S2/c1-31-22(35)19(23(36)32(2)26(31)40)18(20-24(37)33(3)27(41)34(4)25(20)38)15-9-16(28)21(17(29)10-15)39-12-14-8-6-5-7-13(14)11-30/h5-10,18,35,37H,12H2,1-4H3. The normalized spacial score (nSPS) is 11.1. The van der Waals surface area contributed by atoms with E-state index in [1.807, 2.05) is 0 Å². The zero-order valence-electron chi connectivity index (χ0n) is 22.2. The lowest BCUT2D eigenvalue weighted by molar-refractivity contribution is 0.306. The van der Waals surface area contributed by atoms with Crippen LogP contribution in [-0.4, -0.2) is 28.5 Å². The molecule has 212 valence electrons. The van der Waals surface area contributed by atoms with Crippen molar-refractivity contribution in [1.29, 1.82) is 5.26 Å². The molecule has 0 spiro atoms. The van der Waals surface area contributed by atoms with Gasteiger partial charge in [-0.25, -0.2) is 0 Å². The summed E-state index contributed by atoms with van der Waals surface area (Å²) in [4.78, 5) is 27.1. The summed E-state index contributed by atoms with van der Waals surface area (Å²) < 4.78 is 10.6. The van der Waals surface area contributed by atoms with Crippen LogP contribution in [0, 0.1) is 20.9 Å². The van der Waals surface area contributed by atoms with Crippen molar-refractivity contribution in [2.45, 2.75) is 12.5 Å². The third kappa shape index (κ3) is 5.17. The van der Waals surface area contributed by atoms with Gasteiger partial charge >= 0.3 is 0 Å². The van der Waals surface area contributed by atoms with Crippen molar-refractivity contribution in [2.24, 2.45) is 28.2 Å². The van der Waals surface area contributed by atoms with Gasteiger partial charge in [0.25, 0.3) is 11.1 Å². The van der Waals surface area contributed by atoms with E-state index in [1.165, 1.54) is 49.5 Å². The Bertz CT molecular complexity index is 1900. The lowest BCUT2D eigenvalue weighted by atomic mass is 9.86. The summed E-state index contributed by atoms with van der Waals surface area (Å²) >= 11 is 23.8. The Kier molecular flexibility index (Phi) is 8.46. The molecule has 0 aliphatic rings. The highest BCUT2D eigenvalue weighted by Crippen LogP contribution is 2.42. The van der Waals surface area contributed by atoms with Gasteiger partial charge in [0.2, 0.25) is 11.8 Å². The average Bonchev–Trinajstić information content (AvgIpc) is 2.95. The van der Waals surface area contributed by atoms with Gasteiger partial charge in [-0.2, -0.15) is 5.26 Å². The van der Waals surface area contributed by atoms with Crippen molar-refractivity contribution in [3.05, 3.63) is 105 Å². The minimum absolute atomic E-state index is 0.0130. The largest absolute Gasteiger partial charge is 0.494 e. The number of rotatable bonds is 6. The molecule has 41 heavy (non-hydrogen) atoms. The van der Waals surface area contributed by atoms with Gasteiger partial charge in [-0.05, 0) is 48.2 Å². The second kappa shape index (κ2) is 11.5. The highest BCUT2D eigenvalue weighted by atomic mass is 35.5. The Morgan fingerprint density at radius 1 is 0.878 bits per heavy atom. The van der Waals surface area contributed by atoms with Crippen LogP contribution in [0.15, 0.2) is 46.0 Å². The van der Waals surface area contributed by atoms with E-state index in [1.54, 1.807) is 24.3 Å². The minimum Gasteiger partial charge on any atom is -0.494 e. The van der Waals surface area contributed by atoms with E-state index in [-0.39, 0.29) is 48.6 Å². The maximum atomic E-state index is 13.6. The summed E-state index contributed by atoms with van der Waals surface area (Å²) in [5.74, 6) is -2.30. The maximum absolute atomic E-state index is 13.6. The molecule has 2 aromatic carbocycles. The predicted octanol–water partition coefficient (Wildman–Crippen LogP) is 4.57. The van der Waals surface area contributed by atoms with Crippen molar-refractivity contribution in [2.75, 3.05) is 0 Å². The maximum Gasteiger partial charge on any atom is 0.262 e. The first-order valence-corrected chi connectivity index (χ1v) is 13.5. The van der Waals surface area contributed by atoms with Gasteiger partial charge in [0.05, 0.1) is 38.7 Å². The molecule has 0 aliphatic heterocycles. The van der Waals surface area contributed by atoms with Crippen LogP contribution in [0.2, 0.25) is 10.0 Å². The summed E-state index contributed by atoms with van der Waals surface area (Å²) in [6.07, 6.45) is 0. The van der Waals surface area contributed by atoms with Crippen molar-refractivity contribution in [1.82, 2.24) is 18.3 Å². The summed E-state index contributed by atoms with van der Waals surface area (Å²) in [6, 6.07) is 11.8. The zero-order chi connectivity index (χ0) is 30.3. The molecular weight excluding hydrogens is 609 g/mol. The molecule has 14 heteroatoms. The molecule has 0 fully saturated rings. The van der Waals surface area contributed by atoms with Gasteiger partial charge in [-0.15, -0.1) is 0 Å². The van der Waals surface area contributed by atoms with Crippen LogP contribution in [0.3, 0.4) is 0 Å². The van der Waals surface area contributed by atoms with Crippen LogP contribution in [0.4, 0.5) is 0 Å². The fourth-order valence-electron chi connectivity index (χ4n) is 4.49. The molecule has 10 nitrogen and oxygen atoms in total. The number of aromatic hydroxyl groups is 2. The fraction of sp³-hybridized carbons (Fsp3) is 0.222. The van der Waals surface area contributed by atoms with Crippen molar-refractivity contribution in [3.63, 3.8) is 0 Å². The summed E-state index contributed by atoms with van der Waals surface area (Å²) in [5, 5.41) is 31.7. The predicted molar refractivity (Wildman–Crippen MR) is 159 cm³/mol. The van der Waals surface area contributed by atoms with E-state index in [4.69, 9.17) is 52.4 Å². The molecule has 2 heterocycles. The minimum atomic E-state index is -1.36. The average molecular weight is 633 g/mol. The van der Waals surface area contributed by atoms with Crippen LogP contribution < -0.4 is 15.9 Å². The molecule has 4 rings (SSSR count). The van der Waals surface area contributed by atoms with Crippen molar-refractivity contribution < 1.29 is 14.9 Å². The number of hydrogen-bond acceptors (Lipinski definition) is 8. The molecule has 0 saturated carbocycles. The third-order valence-corrected chi connectivity index (χ3v) is 8.43. The van der Waals surface area contributed by atoms with Gasteiger partial charge < -0.3 is 14.9 Å². The first-order valence-electron chi connectivity index (χ1n) is 11.9. The molecular formula is C27H23Cl2N5O5S2. The van der Waals surface area contributed by atoms with Crippen LogP contribution in [-0.2, 0) is 34.8 Å². The smallest absolute Gasteiger partial charge is 0.262 e. The number of nitrogens with zero attached hydrogens (tertiary/aromatic N) is 5. The lowest BCUT2D eigenvalue weighted by Crippen LogP contribution is -2.33. The number of nitriles is 1. The summed E-state index contributed by atoms with van der Waals surface area (Å²) in [6.45, 7) is -0.0130. The fourth-order valence-corrected chi connectivity index (χ4v) is 5.44. The second-order valence-electron chi connectivity index (χ2n) is 9.19. The second-order valence-corrected chi connectivity index (χ2v) is 10.7. The highest BCUT2D eigenvalue weighted by molar-refractivity contribution is 7.71. The topological polar surface area (TPSA) is 127 Å². The van der Waals surface area contributed by atoms with Gasteiger partial charge in [0.15, 0.2) is 15.3 Å². The Labute approximate surface area is 254 Å². The van der Waals surface area contributed by atoms with Crippen LogP contribution in [0.1, 0.15) is 33.7 Å². The van der Waals surface area contributed by atoms with Gasteiger partial charge in [-0.3, -0.25) is 27.9 Å². The monoisotopic (exact) mass is 631 g/mol. The van der Waals surface area contributed by atoms with E-state index in [9.17, 15) is 25.1 Å². The third-order valence-electron chi connectivity index (χ3n) is 6.78. The van der Waals surface area contributed by atoms with Crippen LogP contribution in [0.25, 0.3) is 0 Å². The van der Waals surface area contributed by atoms with Gasteiger partial charge in [-0.1, -0.05) is 41.4 Å². The summed E-state index contributed by atoms with van der Waals surface area (Å²) in [7, 11) is 5.76. The van der Waals surface area contributed by atoms with E-state index < -0.39 is 28.8 Å². The molecule has 0 aliphatic carbocycles. The molecule has 4 aromatic rings. The van der Waals surface area contributed by atoms with Gasteiger partial charge in [0, 0.05) is 33.8 Å². The first kappa shape index (κ1) is 30.1. The quantitative estimate of drug-likeness (QED) is 0.296. The van der Waals surface area contributed by atoms with Crippen molar-refractivity contribution in [3.8, 4) is 23.6 Å². The van der Waals surface area contributed by atoms with E-state index in [0.29, 0.717) is 11.1 Å². The molecule has 0 atom stereocenters. The zero-order valence-corrected chi connectivity index (χ0v) is 25.3. The summed E-state index contributed by atoms with van der Waals surface area (Å²) in [5.41, 5.74) is -0.692. The number of benzene rings is 2. The number of ether oxygens (including phenoxy) is 1. The number of aromatic nitrogens is 4. The molecule has 0 bridgehead atoms. The van der Waals surface area contributed by atoms with Crippen LogP contribution >= 0.6 is 47.6 Å². The Morgan fingerprint density at radius 3 is 1.80 bits per heavy atom. The van der Waals surface area contributed by atoms with Crippen LogP contribution in [0.5, 0.6) is 17.5 Å². The van der Waals surface area contributed by atoms with E-state index in [0.717, 1.165) is 9.13 Å². The molecule has 0 amide bonds. The van der Waals surface area contributed by atoms with E-state index >= 15 is 0 Å². The van der Waals surface area contributed by atoms with Gasteiger partial charge in [0.1, 0.15) is 6.61 Å².